The average Bonchev–Trinajstić information content (AvgIpc) is 3.53. The summed E-state index contributed by atoms with van der Waals surface area (Å²) in [6, 6.07) is 10.0. The van der Waals surface area contributed by atoms with E-state index in [1.165, 1.54) is 59.7 Å². The topological polar surface area (TPSA) is 40.5 Å². The SMILES string of the molecule is CC(C)(C)C1=CC=[C-]C1.CC(C)(C)C1=CC[C-]=C1.C[Si](C)=[Zr+2].Oc1ccc(F)cc1.Oc1ccc(F)cc1. The molecule has 0 heterocycles. The van der Waals surface area contributed by atoms with Gasteiger partial charge in [-0.05, 0) is 53.9 Å². The molecule has 0 saturated carbocycles. The molecule has 0 unspecified atom stereocenters. The maximum atomic E-state index is 12.0. The molecule has 6 heteroatoms. The minimum atomic E-state index is -0.331. The second-order valence-electron chi connectivity index (χ2n) is 10.9. The van der Waals surface area contributed by atoms with Crippen molar-refractivity contribution in [2.45, 2.75) is 67.5 Å². The number of halogens is 2. The average molecular weight is 616 g/mol. The number of rotatable bonds is 0. The van der Waals surface area contributed by atoms with Gasteiger partial charge in [-0.15, -0.1) is 12.8 Å². The summed E-state index contributed by atoms with van der Waals surface area (Å²) in [7, 11) is 0. The summed E-state index contributed by atoms with van der Waals surface area (Å²) in [6.45, 7) is 18.0. The third-order valence-corrected chi connectivity index (χ3v) is 4.87. The molecule has 2 aromatic rings. The molecule has 2 aromatic carbocycles. The van der Waals surface area contributed by atoms with Gasteiger partial charge in [-0.2, -0.15) is 17.2 Å². The van der Waals surface area contributed by atoms with Gasteiger partial charge >= 0.3 is 41.9 Å². The van der Waals surface area contributed by atoms with E-state index in [1.807, 2.05) is 6.08 Å². The van der Waals surface area contributed by atoms with Gasteiger partial charge in [0.15, 0.2) is 0 Å². The summed E-state index contributed by atoms with van der Waals surface area (Å²) in [5.74, 6) is -0.483. The van der Waals surface area contributed by atoms with Crippen LogP contribution in [0.3, 0.4) is 0 Å². The Morgan fingerprint density at radius 2 is 1.18 bits per heavy atom. The van der Waals surface area contributed by atoms with E-state index in [1.54, 1.807) is 23.3 Å². The molecule has 0 bridgehead atoms. The molecule has 204 valence electrons. The molecule has 0 aliphatic heterocycles. The Bertz CT molecular complexity index is 997. The maximum absolute atomic E-state index is 12.0. The predicted octanol–water partition coefficient (Wildman–Crippen LogP) is 9.29. The molecule has 38 heavy (non-hydrogen) atoms. The van der Waals surface area contributed by atoms with Crippen LogP contribution in [0, 0.1) is 34.6 Å². The summed E-state index contributed by atoms with van der Waals surface area (Å²) >= 11 is 1.74. The fourth-order valence-electron chi connectivity index (χ4n) is 2.70. The van der Waals surface area contributed by atoms with Crippen molar-refractivity contribution < 1.29 is 42.3 Å². The van der Waals surface area contributed by atoms with Gasteiger partial charge in [0.05, 0.1) is 0 Å². The minimum absolute atomic E-state index is 0.0893. The van der Waals surface area contributed by atoms with Crippen molar-refractivity contribution in [2.24, 2.45) is 10.8 Å². The van der Waals surface area contributed by atoms with Gasteiger partial charge in [0.2, 0.25) is 0 Å². The molecule has 0 fully saturated rings. The van der Waals surface area contributed by atoms with Crippen LogP contribution in [0.25, 0.3) is 0 Å². The van der Waals surface area contributed by atoms with Crippen LogP contribution in [0.5, 0.6) is 11.5 Å². The first-order chi connectivity index (χ1) is 17.5. The maximum Gasteiger partial charge on any atom is 0.123 e. The van der Waals surface area contributed by atoms with Crippen molar-refractivity contribution >= 4 is 5.43 Å². The summed E-state index contributed by atoms with van der Waals surface area (Å²) in [5.41, 5.74) is 3.79. The van der Waals surface area contributed by atoms with Crippen molar-refractivity contribution in [1.82, 2.24) is 0 Å². The molecule has 0 amide bonds. The predicted molar refractivity (Wildman–Crippen MR) is 154 cm³/mol. The Balaban J connectivity index is 0.000000460. The van der Waals surface area contributed by atoms with Gasteiger partial charge in [0.1, 0.15) is 23.1 Å². The van der Waals surface area contributed by atoms with Crippen molar-refractivity contribution in [1.29, 1.82) is 0 Å². The van der Waals surface area contributed by atoms with Gasteiger partial charge in [0.25, 0.3) is 0 Å². The zero-order valence-electron chi connectivity index (χ0n) is 24.0. The molecule has 2 aliphatic rings. The van der Waals surface area contributed by atoms with Crippen LogP contribution in [0.4, 0.5) is 8.78 Å². The van der Waals surface area contributed by atoms with E-state index >= 15 is 0 Å². The first-order valence-electron chi connectivity index (χ1n) is 12.5. The van der Waals surface area contributed by atoms with Crippen LogP contribution in [0.15, 0.2) is 84.0 Å². The molecule has 4 rings (SSSR count). The minimum Gasteiger partial charge on any atom is -0.508 e. The number of phenols is 2. The zero-order valence-corrected chi connectivity index (χ0v) is 27.5. The Hall–Kier alpha value is -2.04. The van der Waals surface area contributed by atoms with Crippen molar-refractivity contribution in [2.75, 3.05) is 0 Å². The molecule has 0 saturated heterocycles. The third kappa shape index (κ3) is 19.1. The van der Waals surface area contributed by atoms with E-state index in [0.29, 0.717) is 10.8 Å². The monoisotopic (exact) mass is 614 g/mol. The van der Waals surface area contributed by atoms with E-state index in [4.69, 9.17) is 10.2 Å². The first-order valence-corrected chi connectivity index (χ1v) is 18.7. The van der Waals surface area contributed by atoms with E-state index < -0.39 is 0 Å². The van der Waals surface area contributed by atoms with Crippen LogP contribution < -0.4 is 0 Å². The fourth-order valence-corrected chi connectivity index (χ4v) is 2.70. The molecule has 0 spiro atoms. The number of hydrogen-bond acceptors (Lipinski definition) is 2. The van der Waals surface area contributed by atoms with Crippen LogP contribution in [0.2, 0.25) is 13.1 Å². The molecule has 0 aromatic heterocycles. The normalized spacial score (nSPS) is 13.3. The Labute approximate surface area is 244 Å². The molecule has 0 atom stereocenters. The van der Waals surface area contributed by atoms with Gasteiger partial charge in [-0.1, -0.05) is 47.0 Å². The van der Waals surface area contributed by atoms with Crippen LogP contribution in [-0.4, -0.2) is 15.6 Å². The molecular weight excluding hydrogens is 574 g/mol. The number of allylic oxidation sites excluding steroid dienone is 8. The van der Waals surface area contributed by atoms with Crippen LogP contribution >= 0.6 is 0 Å². The number of hydrogen-bond donors (Lipinski definition) is 2. The number of benzene rings is 2. The summed E-state index contributed by atoms with van der Waals surface area (Å²) in [5, 5.41) is 17.2. The third-order valence-electron chi connectivity index (χ3n) is 4.87. The number of aromatic hydroxyl groups is 2. The Morgan fingerprint density at radius 1 is 0.763 bits per heavy atom. The van der Waals surface area contributed by atoms with E-state index in [9.17, 15) is 8.78 Å². The molecule has 2 aliphatic carbocycles. The second-order valence-corrected chi connectivity index (χ2v) is 20.3. The van der Waals surface area contributed by atoms with Gasteiger partial charge < -0.3 is 10.2 Å². The molecule has 2 nitrogen and oxygen atoms in total. The standard InChI is InChI=1S/2C9H13.2C6H5FO.C2H6Si.Zr/c2*1-9(2,3)8-6-4-5-7-8;2*7-5-1-3-6(8)4-2-5;1-3-2;/h6-7H,4H2,1-3H3;4,6H,7H2,1-3H3;2*1-4,8H;1-2H3;/q2*-1;;;;+2. The zero-order chi connectivity index (χ0) is 29.4. The van der Waals surface area contributed by atoms with Crippen LogP contribution in [-0.2, 0) is 23.3 Å². The smallest absolute Gasteiger partial charge is 0.123 e. The quantitative estimate of drug-likeness (QED) is 0.229. The molecule has 0 radical (unpaired) electrons. The van der Waals surface area contributed by atoms with Gasteiger partial charge in [0, 0.05) is 0 Å². The first kappa shape index (κ1) is 36.0. The number of phenolic OH excluding ortho intramolecular Hbond substituents is 2. The van der Waals surface area contributed by atoms with E-state index in [0.717, 1.165) is 12.8 Å². The Kier molecular flexibility index (Phi) is 17.3. The van der Waals surface area contributed by atoms with Crippen molar-refractivity contribution in [3.63, 3.8) is 0 Å². The van der Waals surface area contributed by atoms with Gasteiger partial charge in [-0.3, -0.25) is 12.2 Å². The summed E-state index contributed by atoms with van der Waals surface area (Å²) in [6.07, 6.45) is 16.9. The summed E-state index contributed by atoms with van der Waals surface area (Å²) < 4.78 is 24.0. The van der Waals surface area contributed by atoms with Crippen molar-refractivity contribution in [3.05, 3.63) is 108 Å². The summed E-state index contributed by atoms with van der Waals surface area (Å²) in [4.78, 5) is 0. The largest absolute Gasteiger partial charge is 0.508 e. The molecular formula is C32H42F2O2SiZr. The molecule has 2 N–H and O–H groups in total. The van der Waals surface area contributed by atoms with Crippen molar-refractivity contribution in [3.8, 4) is 11.5 Å². The van der Waals surface area contributed by atoms with E-state index in [-0.39, 0.29) is 28.6 Å². The van der Waals surface area contributed by atoms with E-state index in [2.05, 4.69) is 85.0 Å². The Morgan fingerprint density at radius 3 is 1.37 bits per heavy atom. The second kappa shape index (κ2) is 18.3. The van der Waals surface area contributed by atoms with Crippen LogP contribution in [0.1, 0.15) is 54.4 Å². The fraction of sp³-hybridized carbons (Fsp3) is 0.375. The van der Waals surface area contributed by atoms with Gasteiger partial charge in [-0.25, -0.2) is 27.0 Å².